The summed E-state index contributed by atoms with van der Waals surface area (Å²) in [5, 5.41) is 15.0. The second-order valence-corrected chi connectivity index (χ2v) is 8.34. The van der Waals surface area contributed by atoms with Crippen molar-refractivity contribution in [3.63, 3.8) is 0 Å². The highest BCUT2D eigenvalue weighted by Crippen LogP contribution is 2.22. The summed E-state index contributed by atoms with van der Waals surface area (Å²) in [5.41, 5.74) is 2.37. The van der Waals surface area contributed by atoms with E-state index >= 15 is 0 Å². The average Bonchev–Trinajstić information content (AvgIpc) is 2.63. The van der Waals surface area contributed by atoms with Crippen LogP contribution in [0.4, 0.5) is 0 Å². The maximum absolute atomic E-state index is 5.05. The molecule has 4 atom stereocenters. The number of hydrogen-bond acceptors (Lipinski definition) is 5. The summed E-state index contributed by atoms with van der Waals surface area (Å²) in [7, 11) is 0. The van der Waals surface area contributed by atoms with Crippen molar-refractivity contribution in [2.45, 2.75) is 89.4 Å². The van der Waals surface area contributed by atoms with Gasteiger partial charge in [-0.3, -0.25) is 4.99 Å². The van der Waals surface area contributed by atoms with E-state index in [1.807, 2.05) is 0 Å². The minimum absolute atomic E-state index is 0.435. The van der Waals surface area contributed by atoms with Gasteiger partial charge < -0.3 is 21.3 Å². The Bertz CT molecular complexity index is 487. The summed E-state index contributed by atoms with van der Waals surface area (Å²) in [5.74, 6) is 0. The maximum Gasteiger partial charge on any atom is 0.0655 e. The van der Waals surface area contributed by atoms with E-state index < -0.39 is 0 Å². The molecule has 2 saturated carbocycles. The first-order valence-corrected chi connectivity index (χ1v) is 10.9. The minimum Gasteiger partial charge on any atom is -0.387 e. The van der Waals surface area contributed by atoms with Gasteiger partial charge in [-0.05, 0) is 45.6 Å². The zero-order chi connectivity index (χ0) is 18.2. The molecule has 5 nitrogen and oxygen atoms in total. The van der Waals surface area contributed by atoms with Gasteiger partial charge in [0.1, 0.15) is 0 Å². The topological polar surface area (TPSA) is 60.5 Å². The largest absolute Gasteiger partial charge is 0.387 e. The molecular weight excluding hydrogens is 322 g/mol. The number of hydrogen-bond donors (Lipinski definition) is 4. The molecule has 0 spiro atoms. The van der Waals surface area contributed by atoms with Crippen LogP contribution < -0.4 is 21.3 Å². The standard InChI is InChI=1S/C21H39N5/c1-16-15-17(2)26-21-10-6-5-9-20(21)25-14-13-24-19-8-4-3-7-18(19)23-12-11-22-16/h15,18-25H,3-14H2,1-2H3/b16-15-,26-17+/t18-,19-,20-,21-/m1/s1. The van der Waals surface area contributed by atoms with E-state index in [9.17, 15) is 0 Å². The van der Waals surface area contributed by atoms with Crippen molar-refractivity contribution in [2.24, 2.45) is 4.99 Å². The third kappa shape index (κ3) is 6.07. The molecule has 0 aromatic heterocycles. The van der Waals surface area contributed by atoms with E-state index in [0.717, 1.165) is 31.9 Å². The molecule has 3 rings (SSSR count). The zero-order valence-electron chi connectivity index (χ0n) is 16.8. The van der Waals surface area contributed by atoms with Crippen LogP contribution in [0.2, 0.25) is 0 Å². The van der Waals surface area contributed by atoms with Crippen LogP contribution in [-0.2, 0) is 0 Å². The fraction of sp³-hybridized carbons (Fsp3) is 0.857. The van der Waals surface area contributed by atoms with Crippen molar-refractivity contribution in [2.75, 3.05) is 26.2 Å². The first kappa shape index (κ1) is 19.8. The Labute approximate surface area is 159 Å². The number of fused-ring (bicyclic) bond motifs is 2. The molecule has 2 aliphatic carbocycles. The van der Waals surface area contributed by atoms with Gasteiger partial charge in [0.15, 0.2) is 0 Å². The molecule has 0 aromatic carbocycles. The molecule has 0 bridgehead atoms. The Morgan fingerprint density at radius 3 is 1.96 bits per heavy atom. The lowest BCUT2D eigenvalue weighted by atomic mass is 9.90. The van der Waals surface area contributed by atoms with Gasteiger partial charge in [-0.1, -0.05) is 25.7 Å². The lowest BCUT2D eigenvalue weighted by Crippen LogP contribution is -2.53. The molecule has 0 radical (unpaired) electrons. The number of aliphatic imine (C=N–C) groups is 1. The second-order valence-electron chi connectivity index (χ2n) is 8.34. The van der Waals surface area contributed by atoms with Gasteiger partial charge in [0.25, 0.3) is 0 Å². The van der Waals surface area contributed by atoms with Gasteiger partial charge >= 0.3 is 0 Å². The van der Waals surface area contributed by atoms with Crippen molar-refractivity contribution < 1.29 is 0 Å². The van der Waals surface area contributed by atoms with Gasteiger partial charge in [-0.2, -0.15) is 0 Å². The molecule has 0 unspecified atom stereocenters. The molecule has 2 fully saturated rings. The number of rotatable bonds is 0. The molecule has 5 heteroatoms. The van der Waals surface area contributed by atoms with Crippen LogP contribution in [0, 0.1) is 0 Å². The van der Waals surface area contributed by atoms with Crippen LogP contribution in [0.5, 0.6) is 0 Å². The number of nitrogens with one attached hydrogen (secondary N) is 4. The first-order chi connectivity index (χ1) is 12.7. The molecule has 3 aliphatic rings. The van der Waals surface area contributed by atoms with E-state index in [1.165, 1.54) is 57.1 Å². The highest BCUT2D eigenvalue weighted by molar-refractivity contribution is 5.93. The molecule has 1 aliphatic heterocycles. The minimum atomic E-state index is 0.435. The van der Waals surface area contributed by atoms with Gasteiger partial charge in [0, 0.05) is 55.7 Å². The van der Waals surface area contributed by atoms with Crippen molar-refractivity contribution >= 4 is 5.71 Å². The normalized spacial score (nSPS) is 39.3. The van der Waals surface area contributed by atoms with Gasteiger partial charge in [0.2, 0.25) is 0 Å². The Balaban J connectivity index is 1.66. The summed E-state index contributed by atoms with van der Waals surface area (Å²) in [6.07, 6.45) is 12.7. The van der Waals surface area contributed by atoms with Crippen LogP contribution in [0.15, 0.2) is 16.8 Å². The lowest BCUT2D eigenvalue weighted by molar-refractivity contribution is 0.278. The Morgan fingerprint density at radius 2 is 1.27 bits per heavy atom. The fourth-order valence-electron chi connectivity index (χ4n) is 4.82. The van der Waals surface area contributed by atoms with Gasteiger partial charge in [-0.25, -0.2) is 0 Å². The van der Waals surface area contributed by atoms with Crippen molar-refractivity contribution in [1.82, 2.24) is 21.3 Å². The number of nitrogens with zero attached hydrogens (tertiary/aromatic N) is 1. The van der Waals surface area contributed by atoms with Gasteiger partial charge in [0.05, 0.1) is 6.04 Å². The zero-order valence-corrected chi connectivity index (χ0v) is 16.8. The van der Waals surface area contributed by atoms with E-state index in [1.54, 1.807) is 0 Å². The fourth-order valence-corrected chi connectivity index (χ4v) is 4.82. The van der Waals surface area contributed by atoms with Crippen LogP contribution in [0.25, 0.3) is 0 Å². The number of allylic oxidation sites excluding steroid dienone is 2. The molecular formula is C21H39N5. The molecule has 0 saturated heterocycles. The summed E-state index contributed by atoms with van der Waals surface area (Å²) in [6, 6.07) is 2.21. The summed E-state index contributed by atoms with van der Waals surface area (Å²) in [6.45, 7) is 8.41. The predicted molar refractivity (Wildman–Crippen MR) is 111 cm³/mol. The van der Waals surface area contributed by atoms with Crippen molar-refractivity contribution in [3.8, 4) is 0 Å². The molecule has 4 N–H and O–H groups in total. The quantitative estimate of drug-likeness (QED) is 0.535. The Kier molecular flexibility index (Phi) is 7.96. The maximum atomic E-state index is 5.05. The SMILES string of the molecule is C/C1=C/C(C)=N/[C@@H]2CCCC[C@H]2NCCN[C@@H]2CCCC[C@H]2NCCN1. The van der Waals surface area contributed by atoms with E-state index in [-0.39, 0.29) is 0 Å². The molecule has 0 aromatic rings. The van der Waals surface area contributed by atoms with E-state index in [4.69, 9.17) is 4.99 Å². The average molecular weight is 362 g/mol. The second kappa shape index (κ2) is 10.4. The van der Waals surface area contributed by atoms with E-state index in [2.05, 4.69) is 41.2 Å². The Hall–Kier alpha value is -0.910. The molecule has 0 amide bonds. The third-order valence-electron chi connectivity index (χ3n) is 6.16. The molecule has 1 heterocycles. The predicted octanol–water partition coefficient (Wildman–Crippen LogP) is 2.35. The Morgan fingerprint density at radius 1 is 0.731 bits per heavy atom. The summed E-state index contributed by atoms with van der Waals surface area (Å²) in [4.78, 5) is 5.05. The monoisotopic (exact) mass is 361 g/mol. The van der Waals surface area contributed by atoms with Crippen LogP contribution >= 0.6 is 0 Å². The van der Waals surface area contributed by atoms with E-state index in [0.29, 0.717) is 24.2 Å². The van der Waals surface area contributed by atoms with Crippen LogP contribution in [0.3, 0.4) is 0 Å². The molecule has 148 valence electrons. The van der Waals surface area contributed by atoms with Crippen molar-refractivity contribution in [1.29, 1.82) is 0 Å². The highest BCUT2D eigenvalue weighted by Gasteiger charge is 2.26. The highest BCUT2D eigenvalue weighted by atomic mass is 15.1. The summed E-state index contributed by atoms with van der Waals surface area (Å²) >= 11 is 0. The van der Waals surface area contributed by atoms with Crippen LogP contribution in [-0.4, -0.2) is 56.1 Å². The van der Waals surface area contributed by atoms with Crippen molar-refractivity contribution in [3.05, 3.63) is 11.8 Å². The molecule has 26 heavy (non-hydrogen) atoms. The van der Waals surface area contributed by atoms with Crippen LogP contribution in [0.1, 0.15) is 65.2 Å². The lowest BCUT2D eigenvalue weighted by Gasteiger charge is -2.34. The third-order valence-corrected chi connectivity index (χ3v) is 6.16. The summed E-state index contributed by atoms with van der Waals surface area (Å²) < 4.78 is 0. The first-order valence-electron chi connectivity index (χ1n) is 10.9. The van der Waals surface area contributed by atoms with Gasteiger partial charge in [-0.15, -0.1) is 0 Å². The smallest absolute Gasteiger partial charge is 0.0655 e.